The number of rotatable bonds is 3. The summed E-state index contributed by atoms with van der Waals surface area (Å²) in [5, 5.41) is 3.11. The predicted molar refractivity (Wildman–Crippen MR) is 37.6 cm³/mol. The van der Waals surface area contributed by atoms with E-state index in [1.165, 1.54) is 5.54 Å². The van der Waals surface area contributed by atoms with Crippen molar-refractivity contribution in [2.75, 3.05) is 19.7 Å². The van der Waals surface area contributed by atoms with E-state index >= 15 is 0 Å². The van der Waals surface area contributed by atoms with Crippen molar-refractivity contribution in [3.63, 3.8) is 0 Å². The summed E-state index contributed by atoms with van der Waals surface area (Å²) in [6.07, 6.45) is 2.21. The minimum absolute atomic E-state index is 0.415. The van der Waals surface area contributed by atoms with Crippen molar-refractivity contribution < 1.29 is 4.74 Å². The van der Waals surface area contributed by atoms with E-state index in [1.807, 2.05) is 0 Å². The molecule has 0 aliphatic carbocycles. The van der Waals surface area contributed by atoms with Crippen LogP contribution in [-0.2, 0) is 4.74 Å². The van der Waals surface area contributed by atoms with E-state index in [4.69, 9.17) is 16.3 Å². The maximum atomic E-state index is 5.28. The third-order valence-electron chi connectivity index (χ3n) is 1.26. The predicted octanol–water partition coefficient (Wildman–Crippen LogP) is 0.727. The molecule has 52 valence electrons. The lowest BCUT2D eigenvalue weighted by Crippen LogP contribution is -2.48. The Kier molecular flexibility index (Phi) is 3.04. The fraction of sp³-hybridized carbons (Fsp3) is 0.667. The molecule has 1 aliphatic heterocycles. The maximum Gasteiger partial charge on any atom is 0.0827 e. The molecule has 3 heteroatoms. The molecule has 1 heterocycles. The normalized spacial score (nSPS) is 20.6. The van der Waals surface area contributed by atoms with E-state index in [9.17, 15) is 0 Å². The molecular formula is C6H10ClNO. The van der Waals surface area contributed by atoms with Crippen LogP contribution in [0.15, 0.2) is 11.6 Å². The van der Waals surface area contributed by atoms with Crippen LogP contribution in [0.1, 0.15) is 0 Å². The zero-order valence-corrected chi connectivity index (χ0v) is 5.90. The molecule has 0 spiro atoms. The van der Waals surface area contributed by atoms with Gasteiger partial charge in [0.2, 0.25) is 0 Å². The SMILES string of the molecule is Cl/C=C/COC1CNC1. The van der Waals surface area contributed by atoms with Crippen LogP contribution in [0, 0.1) is 0 Å². The summed E-state index contributed by atoms with van der Waals surface area (Å²) < 4.78 is 5.28. The van der Waals surface area contributed by atoms with Crippen LogP contribution in [0.2, 0.25) is 0 Å². The van der Waals surface area contributed by atoms with Gasteiger partial charge in [0.1, 0.15) is 0 Å². The van der Waals surface area contributed by atoms with Crippen LogP contribution < -0.4 is 5.32 Å². The molecule has 0 atom stereocenters. The van der Waals surface area contributed by atoms with Gasteiger partial charge in [0.15, 0.2) is 0 Å². The van der Waals surface area contributed by atoms with Gasteiger partial charge in [0.25, 0.3) is 0 Å². The van der Waals surface area contributed by atoms with Gasteiger partial charge in [0, 0.05) is 18.6 Å². The maximum absolute atomic E-state index is 5.28. The fourth-order valence-corrected chi connectivity index (χ4v) is 0.681. The highest BCUT2D eigenvalue weighted by molar-refractivity contribution is 6.25. The molecule has 0 aromatic rings. The topological polar surface area (TPSA) is 21.3 Å². The quantitative estimate of drug-likeness (QED) is 0.636. The van der Waals surface area contributed by atoms with Gasteiger partial charge < -0.3 is 10.1 Å². The Balaban J connectivity index is 1.91. The first-order valence-corrected chi connectivity index (χ1v) is 3.44. The molecule has 0 bridgehead atoms. The summed E-state index contributed by atoms with van der Waals surface area (Å²) in [5.41, 5.74) is 1.48. The lowest BCUT2D eigenvalue weighted by Gasteiger charge is -2.26. The third-order valence-corrected chi connectivity index (χ3v) is 1.44. The van der Waals surface area contributed by atoms with E-state index in [1.54, 1.807) is 6.08 Å². The van der Waals surface area contributed by atoms with Crippen molar-refractivity contribution in [2.24, 2.45) is 0 Å². The van der Waals surface area contributed by atoms with Gasteiger partial charge in [-0.1, -0.05) is 11.6 Å². The van der Waals surface area contributed by atoms with Crippen LogP contribution in [0.25, 0.3) is 0 Å². The van der Waals surface area contributed by atoms with Gasteiger partial charge >= 0.3 is 0 Å². The smallest absolute Gasteiger partial charge is 0.0827 e. The zero-order chi connectivity index (χ0) is 6.53. The Hall–Kier alpha value is -0.0500. The van der Waals surface area contributed by atoms with Gasteiger partial charge in [-0.3, -0.25) is 0 Å². The first kappa shape index (κ1) is 7.06. The van der Waals surface area contributed by atoms with Crippen molar-refractivity contribution in [1.29, 1.82) is 0 Å². The summed E-state index contributed by atoms with van der Waals surface area (Å²) in [6.45, 7) is 2.60. The van der Waals surface area contributed by atoms with Crippen LogP contribution in [0.3, 0.4) is 0 Å². The molecule has 0 amide bonds. The molecule has 0 unspecified atom stereocenters. The minimum Gasteiger partial charge on any atom is -0.371 e. The average Bonchev–Trinajstić information content (AvgIpc) is 1.76. The second-order valence-corrected chi connectivity index (χ2v) is 2.23. The van der Waals surface area contributed by atoms with E-state index in [-0.39, 0.29) is 0 Å². The van der Waals surface area contributed by atoms with Gasteiger partial charge in [-0.2, -0.15) is 0 Å². The Morgan fingerprint density at radius 1 is 1.67 bits per heavy atom. The van der Waals surface area contributed by atoms with Gasteiger partial charge in [-0.25, -0.2) is 0 Å². The monoisotopic (exact) mass is 147 g/mol. The number of ether oxygens (including phenoxy) is 1. The largest absolute Gasteiger partial charge is 0.371 e. The fourth-order valence-electron chi connectivity index (χ4n) is 0.608. The molecule has 1 fully saturated rings. The number of hydrogen-bond acceptors (Lipinski definition) is 2. The highest BCUT2D eigenvalue weighted by atomic mass is 35.5. The lowest BCUT2D eigenvalue weighted by atomic mass is 10.2. The molecule has 0 aromatic carbocycles. The molecule has 0 aromatic heterocycles. The first-order valence-electron chi connectivity index (χ1n) is 3.01. The van der Waals surface area contributed by atoms with E-state index < -0.39 is 0 Å². The molecular weight excluding hydrogens is 138 g/mol. The van der Waals surface area contributed by atoms with Crippen LogP contribution in [0.4, 0.5) is 0 Å². The Labute approximate surface area is 59.8 Å². The van der Waals surface area contributed by atoms with Gasteiger partial charge in [0.05, 0.1) is 12.7 Å². The summed E-state index contributed by atoms with van der Waals surface area (Å²) in [5.74, 6) is 0. The van der Waals surface area contributed by atoms with E-state index in [0.29, 0.717) is 12.7 Å². The number of halogens is 1. The van der Waals surface area contributed by atoms with Crippen LogP contribution >= 0.6 is 11.6 Å². The third kappa shape index (κ3) is 2.35. The summed E-state index contributed by atoms with van der Waals surface area (Å²) in [6, 6.07) is 0. The molecule has 2 nitrogen and oxygen atoms in total. The van der Waals surface area contributed by atoms with Crippen molar-refractivity contribution in [3.8, 4) is 0 Å². The average molecular weight is 148 g/mol. The molecule has 1 rings (SSSR count). The zero-order valence-electron chi connectivity index (χ0n) is 5.14. The van der Waals surface area contributed by atoms with Crippen molar-refractivity contribution in [2.45, 2.75) is 6.10 Å². The standard InChI is InChI=1S/C6H10ClNO/c7-2-1-3-9-6-4-8-5-6/h1-2,6,8H,3-5H2/b2-1+. The molecule has 1 aliphatic rings. The molecule has 0 radical (unpaired) electrons. The van der Waals surface area contributed by atoms with Crippen molar-refractivity contribution in [3.05, 3.63) is 11.6 Å². The summed E-state index contributed by atoms with van der Waals surface area (Å²) in [4.78, 5) is 0. The van der Waals surface area contributed by atoms with Gasteiger partial charge in [-0.15, -0.1) is 0 Å². The summed E-state index contributed by atoms with van der Waals surface area (Å²) in [7, 11) is 0. The Morgan fingerprint density at radius 2 is 2.44 bits per heavy atom. The highest BCUT2D eigenvalue weighted by Gasteiger charge is 2.15. The van der Waals surface area contributed by atoms with Crippen LogP contribution in [-0.4, -0.2) is 25.8 Å². The second kappa shape index (κ2) is 3.88. The Morgan fingerprint density at radius 3 is 2.89 bits per heavy atom. The Bertz CT molecular complexity index is 101. The first-order chi connectivity index (χ1) is 4.43. The van der Waals surface area contributed by atoms with Gasteiger partial charge in [-0.05, 0) is 6.08 Å². The molecule has 9 heavy (non-hydrogen) atoms. The number of hydrogen-bond donors (Lipinski definition) is 1. The lowest BCUT2D eigenvalue weighted by molar-refractivity contribution is 0.0364. The highest BCUT2D eigenvalue weighted by Crippen LogP contribution is 1.97. The molecule has 1 N–H and O–H groups in total. The number of nitrogens with one attached hydrogen (secondary N) is 1. The van der Waals surface area contributed by atoms with E-state index in [2.05, 4.69) is 5.32 Å². The van der Waals surface area contributed by atoms with E-state index in [0.717, 1.165) is 13.1 Å². The van der Waals surface area contributed by atoms with Crippen molar-refractivity contribution >= 4 is 11.6 Å². The molecule has 1 saturated heterocycles. The second-order valence-electron chi connectivity index (χ2n) is 1.98. The minimum atomic E-state index is 0.415. The van der Waals surface area contributed by atoms with Crippen LogP contribution in [0.5, 0.6) is 0 Å². The summed E-state index contributed by atoms with van der Waals surface area (Å²) >= 11 is 5.27. The van der Waals surface area contributed by atoms with Crippen molar-refractivity contribution in [1.82, 2.24) is 5.32 Å². The molecule has 0 saturated carbocycles.